The predicted octanol–water partition coefficient (Wildman–Crippen LogP) is 2.23. The van der Waals surface area contributed by atoms with Crippen molar-refractivity contribution in [1.82, 2.24) is 4.90 Å². The normalized spacial score (nSPS) is 42.9. The van der Waals surface area contributed by atoms with Crippen molar-refractivity contribution >= 4 is 0 Å². The number of rotatable bonds is 2. The average molecular weight is 269 g/mol. The van der Waals surface area contributed by atoms with Crippen molar-refractivity contribution in [2.24, 2.45) is 5.92 Å². The number of likely N-dealkylation sites (tertiary alicyclic amines) is 1. The third kappa shape index (κ3) is 0.927. The third-order valence-corrected chi connectivity index (χ3v) is 6.35. The fourth-order valence-corrected chi connectivity index (χ4v) is 5.53. The van der Waals surface area contributed by atoms with E-state index in [4.69, 9.17) is 4.74 Å². The quantitative estimate of drug-likeness (QED) is 0.836. The van der Waals surface area contributed by atoms with Crippen LogP contribution >= 0.6 is 0 Å². The number of ether oxygens (including phenoxy) is 1. The molecule has 0 radical (unpaired) electrons. The molecule has 104 valence electrons. The van der Waals surface area contributed by atoms with Crippen LogP contribution in [-0.4, -0.2) is 35.2 Å². The summed E-state index contributed by atoms with van der Waals surface area (Å²) in [6, 6.07) is 5.28. The van der Waals surface area contributed by atoms with Crippen molar-refractivity contribution < 1.29 is 9.84 Å². The van der Waals surface area contributed by atoms with E-state index in [2.05, 4.69) is 24.6 Å². The van der Waals surface area contributed by atoms with Crippen LogP contribution in [0.1, 0.15) is 24.0 Å². The maximum atomic E-state index is 10.2. The number of hydrogen-bond acceptors (Lipinski definition) is 3. The molecule has 1 saturated heterocycles. The molecular formula is C17H19NO2. The standard InChI is InChI=1S/C17H19NO2/c1-3-4-13-17-8-11-15(17)10(18(11)2)7-9-5-6-12(19)16(20-13)14(9)17/h3,5-6,10-11,13,15,19H,1,4,7-8H2,2H3/t10-,11+,13+,15-,17-/m1/s1. The Morgan fingerprint density at radius 3 is 3.15 bits per heavy atom. The number of aromatic hydroxyl groups is 1. The molecule has 2 fully saturated rings. The van der Waals surface area contributed by atoms with Crippen LogP contribution in [0.15, 0.2) is 24.8 Å². The first kappa shape index (κ1) is 11.2. The van der Waals surface area contributed by atoms with Crippen LogP contribution in [0.4, 0.5) is 0 Å². The first-order chi connectivity index (χ1) is 9.68. The molecule has 1 spiro atoms. The monoisotopic (exact) mass is 269 g/mol. The smallest absolute Gasteiger partial charge is 0.165 e. The average Bonchev–Trinajstić information content (AvgIpc) is 2.74. The summed E-state index contributed by atoms with van der Waals surface area (Å²) < 4.78 is 6.19. The number of phenolic OH excluding ortho intramolecular Hbond substituents is 1. The topological polar surface area (TPSA) is 32.7 Å². The van der Waals surface area contributed by atoms with Crippen molar-refractivity contribution in [2.75, 3.05) is 7.05 Å². The van der Waals surface area contributed by atoms with E-state index in [1.54, 1.807) is 6.07 Å². The summed E-state index contributed by atoms with van der Waals surface area (Å²) in [4.78, 5) is 2.54. The molecule has 1 aromatic carbocycles. The first-order valence-electron chi connectivity index (χ1n) is 7.53. The van der Waals surface area contributed by atoms with E-state index in [1.807, 2.05) is 6.08 Å². The van der Waals surface area contributed by atoms with Gasteiger partial charge in [0.2, 0.25) is 0 Å². The summed E-state index contributed by atoms with van der Waals surface area (Å²) >= 11 is 0. The lowest BCUT2D eigenvalue weighted by atomic mass is 9.41. The second kappa shape index (κ2) is 3.22. The first-order valence-corrected chi connectivity index (χ1v) is 7.53. The number of benzene rings is 1. The fraction of sp³-hybridized carbons (Fsp3) is 0.529. The van der Waals surface area contributed by atoms with E-state index in [0.29, 0.717) is 17.7 Å². The largest absolute Gasteiger partial charge is 0.504 e. The summed E-state index contributed by atoms with van der Waals surface area (Å²) in [5, 5.41) is 10.2. The summed E-state index contributed by atoms with van der Waals surface area (Å²) in [6.07, 6.45) is 5.27. The van der Waals surface area contributed by atoms with Crippen LogP contribution in [0.5, 0.6) is 11.5 Å². The zero-order chi connectivity index (χ0) is 13.6. The minimum Gasteiger partial charge on any atom is -0.504 e. The van der Waals surface area contributed by atoms with Gasteiger partial charge in [-0.05, 0) is 31.5 Å². The van der Waals surface area contributed by atoms with E-state index in [1.165, 1.54) is 17.5 Å². The Bertz CT molecular complexity index is 640. The number of phenols is 1. The molecule has 0 unspecified atom stereocenters. The van der Waals surface area contributed by atoms with Gasteiger partial charge in [-0.15, -0.1) is 6.58 Å². The Hall–Kier alpha value is -1.48. The van der Waals surface area contributed by atoms with Gasteiger partial charge in [0, 0.05) is 35.4 Å². The maximum Gasteiger partial charge on any atom is 0.165 e. The summed E-state index contributed by atoms with van der Waals surface area (Å²) in [5.74, 6) is 1.79. The molecule has 1 N–H and O–H groups in total. The fourth-order valence-electron chi connectivity index (χ4n) is 5.53. The van der Waals surface area contributed by atoms with Gasteiger partial charge < -0.3 is 9.84 Å². The van der Waals surface area contributed by atoms with E-state index in [-0.39, 0.29) is 11.5 Å². The van der Waals surface area contributed by atoms with Crippen molar-refractivity contribution in [3.8, 4) is 11.5 Å². The zero-order valence-corrected chi connectivity index (χ0v) is 11.7. The van der Waals surface area contributed by atoms with Gasteiger partial charge in [0.05, 0.1) is 0 Å². The number of hydrogen-bond donors (Lipinski definition) is 1. The summed E-state index contributed by atoms with van der Waals surface area (Å²) in [6.45, 7) is 3.89. The van der Waals surface area contributed by atoms with E-state index in [9.17, 15) is 5.11 Å². The second-order valence-electron chi connectivity index (χ2n) is 6.85. The highest BCUT2D eigenvalue weighted by molar-refractivity contribution is 5.62. The highest BCUT2D eigenvalue weighted by Gasteiger charge is 2.74. The van der Waals surface area contributed by atoms with Gasteiger partial charge in [-0.2, -0.15) is 0 Å². The predicted molar refractivity (Wildman–Crippen MR) is 76.2 cm³/mol. The summed E-state index contributed by atoms with van der Waals surface area (Å²) in [5.41, 5.74) is 2.86. The SMILES string of the molecule is C=CC[C@@H]1Oc2c(O)ccc3c2[C@@]12C[C@H]1[C@H]2[C@@H](C3)N1C. The Morgan fingerprint density at radius 2 is 2.35 bits per heavy atom. The minimum atomic E-state index is 0.150. The highest BCUT2D eigenvalue weighted by atomic mass is 16.5. The molecule has 1 saturated carbocycles. The molecule has 2 aliphatic carbocycles. The van der Waals surface area contributed by atoms with Gasteiger partial charge in [0.1, 0.15) is 6.10 Å². The van der Waals surface area contributed by atoms with E-state index in [0.717, 1.165) is 24.6 Å². The second-order valence-corrected chi connectivity index (χ2v) is 6.85. The van der Waals surface area contributed by atoms with Crippen molar-refractivity contribution in [1.29, 1.82) is 0 Å². The Morgan fingerprint density at radius 1 is 1.50 bits per heavy atom. The molecule has 20 heavy (non-hydrogen) atoms. The van der Waals surface area contributed by atoms with E-state index >= 15 is 0 Å². The minimum absolute atomic E-state index is 0.150. The Balaban J connectivity index is 1.74. The van der Waals surface area contributed by atoms with Crippen molar-refractivity contribution in [3.63, 3.8) is 0 Å². The molecule has 0 aromatic heterocycles. The molecule has 0 amide bonds. The summed E-state index contributed by atoms with van der Waals surface area (Å²) in [7, 11) is 2.25. The molecule has 0 bridgehead atoms. The molecule has 5 rings (SSSR count). The van der Waals surface area contributed by atoms with Crippen LogP contribution in [0.2, 0.25) is 0 Å². The van der Waals surface area contributed by atoms with Gasteiger partial charge in [0.15, 0.2) is 11.5 Å². The van der Waals surface area contributed by atoms with Crippen LogP contribution in [-0.2, 0) is 11.8 Å². The lowest BCUT2D eigenvalue weighted by molar-refractivity contribution is -0.192. The van der Waals surface area contributed by atoms with Gasteiger partial charge in [-0.25, -0.2) is 0 Å². The molecule has 5 atom stereocenters. The zero-order valence-electron chi connectivity index (χ0n) is 11.7. The van der Waals surface area contributed by atoms with Gasteiger partial charge in [0.25, 0.3) is 0 Å². The Labute approximate surface area is 118 Å². The lowest BCUT2D eigenvalue weighted by Gasteiger charge is -2.72. The van der Waals surface area contributed by atoms with Crippen molar-refractivity contribution in [3.05, 3.63) is 35.9 Å². The number of nitrogens with zero attached hydrogens (tertiary/aromatic N) is 1. The molecular weight excluding hydrogens is 250 g/mol. The van der Waals surface area contributed by atoms with Gasteiger partial charge in [-0.1, -0.05) is 12.1 Å². The molecule has 2 heterocycles. The van der Waals surface area contributed by atoms with Crippen molar-refractivity contribution in [2.45, 2.75) is 42.9 Å². The Kier molecular flexibility index (Phi) is 1.81. The van der Waals surface area contributed by atoms with Gasteiger partial charge in [-0.3, -0.25) is 4.90 Å². The van der Waals surface area contributed by atoms with Crippen LogP contribution < -0.4 is 4.74 Å². The lowest BCUT2D eigenvalue weighted by Crippen LogP contribution is -2.81. The number of piperidine rings is 1. The van der Waals surface area contributed by atoms with Crippen LogP contribution in [0.25, 0.3) is 0 Å². The number of likely N-dealkylation sites (N-methyl/N-ethyl adjacent to an activating group) is 1. The maximum absolute atomic E-state index is 10.2. The van der Waals surface area contributed by atoms with Crippen LogP contribution in [0, 0.1) is 5.92 Å². The van der Waals surface area contributed by atoms with E-state index < -0.39 is 0 Å². The molecule has 1 aromatic rings. The molecule has 3 heteroatoms. The molecule has 3 nitrogen and oxygen atoms in total. The molecule has 2 aliphatic heterocycles. The van der Waals surface area contributed by atoms with Gasteiger partial charge >= 0.3 is 0 Å². The van der Waals surface area contributed by atoms with Crippen LogP contribution in [0.3, 0.4) is 0 Å². The highest BCUT2D eigenvalue weighted by Crippen LogP contribution is 2.70. The third-order valence-electron chi connectivity index (χ3n) is 6.35. The molecule has 4 aliphatic rings.